The van der Waals surface area contributed by atoms with E-state index in [1.807, 2.05) is 0 Å². The van der Waals surface area contributed by atoms with Crippen molar-refractivity contribution in [2.45, 2.75) is 25.7 Å². The molecule has 0 spiro atoms. The molecule has 3 N–H and O–H groups in total. The molecular weight excluding hydrogens is 394 g/mol. The number of nitrogens with one attached hydrogen (secondary N) is 1. The van der Waals surface area contributed by atoms with Gasteiger partial charge in [-0.15, -0.1) is 24.0 Å². The van der Waals surface area contributed by atoms with Crippen LogP contribution >= 0.6 is 24.0 Å². The van der Waals surface area contributed by atoms with Crippen LogP contribution in [0.5, 0.6) is 0 Å². The van der Waals surface area contributed by atoms with Gasteiger partial charge in [0.25, 0.3) is 0 Å². The van der Waals surface area contributed by atoms with E-state index in [0.717, 1.165) is 6.07 Å². The summed E-state index contributed by atoms with van der Waals surface area (Å²) >= 11 is 0. The third kappa shape index (κ3) is 5.05. The zero-order valence-electron chi connectivity index (χ0n) is 11.5. The summed E-state index contributed by atoms with van der Waals surface area (Å²) in [5, 5.41) is 2.84. The van der Waals surface area contributed by atoms with Gasteiger partial charge in [0.05, 0.1) is 0 Å². The Morgan fingerprint density at radius 3 is 2.57 bits per heavy atom. The highest BCUT2D eigenvalue weighted by Gasteiger charge is 2.16. The van der Waals surface area contributed by atoms with Crippen molar-refractivity contribution in [1.82, 2.24) is 5.32 Å². The number of guanidine groups is 1. The molecular formula is C14H19F3IN3. The Morgan fingerprint density at radius 2 is 1.95 bits per heavy atom. The Labute approximate surface area is 139 Å². The van der Waals surface area contributed by atoms with Crippen LogP contribution < -0.4 is 11.1 Å². The van der Waals surface area contributed by atoms with Gasteiger partial charge in [-0.05, 0) is 36.8 Å². The van der Waals surface area contributed by atoms with Gasteiger partial charge < -0.3 is 11.1 Å². The predicted molar refractivity (Wildman–Crippen MR) is 87.3 cm³/mol. The lowest BCUT2D eigenvalue weighted by Crippen LogP contribution is -2.34. The van der Waals surface area contributed by atoms with Crippen LogP contribution in [0.2, 0.25) is 0 Å². The van der Waals surface area contributed by atoms with Crippen LogP contribution in [-0.2, 0) is 6.42 Å². The first kappa shape index (κ1) is 18.1. The molecule has 0 radical (unpaired) electrons. The van der Waals surface area contributed by atoms with Gasteiger partial charge in [-0.1, -0.05) is 12.5 Å². The first-order valence-corrected chi connectivity index (χ1v) is 6.74. The second-order valence-electron chi connectivity index (χ2n) is 5.03. The minimum absolute atomic E-state index is 0. The van der Waals surface area contributed by atoms with Crippen molar-refractivity contribution in [3.63, 3.8) is 0 Å². The molecule has 3 nitrogen and oxygen atoms in total. The smallest absolute Gasteiger partial charge is 0.194 e. The predicted octanol–water partition coefficient (Wildman–Crippen LogP) is 2.97. The molecule has 0 aliphatic heterocycles. The van der Waals surface area contributed by atoms with E-state index in [1.54, 1.807) is 0 Å². The highest BCUT2D eigenvalue weighted by molar-refractivity contribution is 14.0. The van der Waals surface area contributed by atoms with Gasteiger partial charge in [0, 0.05) is 13.1 Å². The molecule has 1 aliphatic carbocycles. The summed E-state index contributed by atoms with van der Waals surface area (Å²) in [7, 11) is 0. The largest absolute Gasteiger partial charge is 0.370 e. The van der Waals surface area contributed by atoms with Crippen LogP contribution in [-0.4, -0.2) is 19.0 Å². The van der Waals surface area contributed by atoms with Gasteiger partial charge in [0.2, 0.25) is 0 Å². The van der Waals surface area contributed by atoms with Crippen molar-refractivity contribution in [1.29, 1.82) is 0 Å². The molecule has 1 aliphatic rings. The van der Waals surface area contributed by atoms with Gasteiger partial charge in [-0.3, -0.25) is 4.99 Å². The number of benzene rings is 1. The number of hydrogen-bond acceptors (Lipinski definition) is 1. The second-order valence-corrected chi connectivity index (χ2v) is 5.03. The number of nitrogens with two attached hydrogens (primary N) is 1. The zero-order chi connectivity index (χ0) is 14.5. The van der Waals surface area contributed by atoms with E-state index in [2.05, 4.69) is 10.3 Å². The molecule has 0 bridgehead atoms. The van der Waals surface area contributed by atoms with Gasteiger partial charge in [0.15, 0.2) is 23.4 Å². The lowest BCUT2D eigenvalue weighted by molar-refractivity contribution is 0.326. The molecule has 21 heavy (non-hydrogen) atoms. The summed E-state index contributed by atoms with van der Waals surface area (Å²) < 4.78 is 39.2. The van der Waals surface area contributed by atoms with E-state index in [4.69, 9.17) is 5.73 Å². The van der Waals surface area contributed by atoms with E-state index in [9.17, 15) is 13.2 Å². The quantitative estimate of drug-likeness (QED) is 0.338. The van der Waals surface area contributed by atoms with Crippen molar-refractivity contribution in [2.24, 2.45) is 16.6 Å². The molecule has 0 amide bonds. The maximum atomic E-state index is 13.4. The van der Waals surface area contributed by atoms with Crippen molar-refractivity contribution in [3.05, 3.63) is 35.1 Å². The summed E-state index contributed by atoms with van der Waals surface area (Å²) in [6, 6.07) is 2.15. The van der Waals surface area contributed by atoms with Gasteiger partial charge in [-0.2, -0.15) is 0 Å². The molecule has 1 saturated carbocycles. The summed E-state index contributed by atoms with van der Waals surface area (Å²) in [5.74, 6) is -2.83. The molecule has 7 heteroatoms. The standard InChI is InChI=1S/C14H18F3N3.HI/c15-11-5-4-10(12(16)13(11)17)6-7-19-14(18)20-8-9-2-1-3-9;/h4-5,9H,1-3,6-8H2,(H3,18,19,20);1H. The number of rotatable bonds is 5. The zero-order valence-corrected chi connectivity index (χ0v) is 13.9. The third-order valence-electron chi connectivity index (χ3n) is 3.56. The molecule has 2 rings (SSSR count). The van der Waals surface area contributed by atoms with E-state index in [1.165, 1.54) is 25.3 Å². The fourth-order valence-corrected chi connectivity index (χ4v) is 2.04. The van der Waals surface area contributed by atoms with Gasteiger partial charge >= 0.3 is 0 Å². The minimum atomic E-state index is -1.44. The maximum Gasteiger partial charge on any atom is 0.194 e. The lowest BCUT2D eigenvalue weighted by Gasteiger charge is -2.23. The molecule has 0 saturated heterocycles. The minimum Gasteiger partial charge on any atom is -0.370 e. The number of nitrogens with zero attached hydrogens (tertiary/aromatic N) is 1. The normalized spacial score (nSPS) is 15.3. The van der Waals surface area contributed by atoms with E-state index >= 15 is 0 Å². The Bertz CT molecular complexity index is 504. The Kier molecular flexibility index (Phi) is 7.27. The first-order chi connectivity index (χ1) is 9.58. The number of aliphatic imine (C=N–C) groups is 1. The summed E-state index contributed by atoms with van der Waals surface area (Å²) in [6.45, 7) is 1.03. The van der Waals surface area contributed by atoms with Crippen LogP contribution in [0.3, 0.4) is 0 Å². The monoisotopic (exact) mass is 413 g/mol. The van der Waals surface area contributed by atoms with Crippen LogP contribution in [0.25, 0.3) is 0 Å². The molecule has 0 atom stereocenters. The van der Waals surface area contributed by atoms with Crippen LogP contribution in [0.4, 0.5) is 13.2 Å². The summed E-state index contributed by atoms with van der Waals surface area (Å²) in [5.41, 5.74) is 5.78. The number of halogens is 4. The topological polar surface area (TPSA) is 50.4 Å². The van der Waals surface area contributed by atoms with Crippen LogP contribution in [0.15, 0.2) is 17.1 Å². The molecule has 1 aromatic carbocycles. The molecule has 1 fully saturated rings. The Morgan fingerprint density at radius 1 is 1.24 bits per heavy atom. The highest BCUT2D eigenvalue weighted by atomic mass is 127. The lowest BCUT2D eigenvalue weighted by atomic mass is 9.86. The van der Waals surface area contributed by atoms with E-state index in [0.29, 0.717) is 25.0 Å². The average Bonchev–Trinajstić information content (AvgIpc) is 2.37. The molecule has 0 aromatic heterocycles. The maximum absolute atomic E-state index is 13.4. The van der Waals surface area contributed by atoms with Crippen LogP contribution in [0.1, 0.15) is 24.8 Å². The average molecular weight is 413 g/mol. The van der Waals surface area contributed by atoms with E-state index in [-0.39, 0.29) is 36.0 Å². The molecule has 0 unspecified atom stereocenters. The Hall–Kier alpha value is -0.990. The first-order valence-electron chi connectivity index (χ1n) is 6.74. The fourth-order valence-electron chi connectivity index (χ4n) is 2.04. The van der Waals surface area contributed by atoms with Crippen LogP contribution in [0, 0.1) is 23.4 Å². The van der Waals surface area contributed by atoms with E-state index < -0.39 is 17.5 Å². The summed E-state index contributed by atoms with van der Waals surface area (Å²) in [4.78, 5) is 4.19. The SMILES string of the molecule is I.NC(=NCC1CCC1)NCCc1ccc(F)c(F)c1F. The summed E-state index contributed by atoms with van der Waals surface area (Å²) in [6.07, 6.45) is 3.85. The van der Waals surface area contributed by atoms with Crippen molar-refractivity contribution in [3.8, 4) is 0 Å². The highest BCUT2D eigenvalue weighted by Crippen LogP contribution is 2.26. The third-order valence-corrected chi connectivity index (χ3v) is 3.56. The number of hydrogen-bond donors (Lipinski definition) is 2. The van der Waals surface area contributed by atoms with Crippen molar-refractivity contribution in [2.75, 3.05) is 13.1 Å². The molecule has 118 valence electrons. The fraction of sp³-hybridized carbons (Fsp3) is 0.500. The van der Waals surface area contributed by atoms with Crippen molar-refractivity contribution < 1.29 is 13.2 Å². The van der Waals surface area contributed by atoms with Gasteiger partial charge in [0.1, 0.15) is 0 Å². The molecule has 0 heterocycles. The molecule has 1 aromatic rings. The van der Waals surface area contributed by atoms with Gasteiger partial charge in [-0.25, -0.2) is 13.2 Å². The van der Waals surface area contributed by atoms with Crippen molar-refractivity contribution >= 4 is 29.9 Å². The second kappa shape index (κ2) is 8.45. The Balaban J connectivity index is 0.00000220.